The second kappa shape index (κ2) is 7.09. The quantitative estimate of drug-likeness (QED) is 0.795. The Labute approximate surface area is 122 Å². The van der Waals surface area contributed by atoms with Crippen molar-refractivity contribution in [2.75, 3.05) is 25.5 Å². The molecule has 1 aromatic heterocycles. The van der Waals surface area contributed by atoms with Gasteiger partial charge in [-0.15, -0.1) is 0 Å². The molecule has 20 heavy (non-hydrogen) atoms. The SMILES string of the molecule is COc1nc(Cl)nc(NCCNC(=O)OC(C)(C)C)n1. The first-order valence-corrected chi connectivity index (χ1v) is 6.34. The molecule has 0 bridgehead atoms. The normalized spacial score (nSPS) is 10.8. The predicted molar refractivity (Wildman–Crippen MR) is 74.1 cm³/mol. The van der Waals surface area contributed by atoms with Gasteiger partial charge in [-0.1, -0.05) is 0 Å². The largest absolute Gasteiger partial charge is 0.467 e. The van der Waals surface area contributed by atoms with Gasteiger partial charge in [0.2, 0.25) is 11.2 Å². The van der Waals surface area contributed by atoms with Gasteiger partial charge in [0.05, 0.1) is 7.11 Å². The molecule has 1 aromatic rings. The molecule has 0 aliphatic carbocycles. The standard InChI is InChI=1S/C11H18ClN5O3/c1-11(2,3)20-10(18)14-6-5-13-8-15-7(12)16-9(17-8)19-4/h5-6H2,1-4H3,(H,14,18)(H,13,15,16,17). The topological polar surface area (TPSA) is 98.3 Å². The third kappa shape index (κ3) is 6.37. The van der Waals surface area contributed by atoms with E-state index in [2.05, 4.69) is 25.6 Å². The van der Waals surface area contributed by atoms with E-state index in [1.54, 1.807) is 20.8 Å². The Kier molecular flexibility index (Phi) is 5.75. The molecule has 0 spiro atoms. The van der Waals surface area contributed by atoms with Gasteiger partial charge in [-0.3, -0.25) is 0 Å². The van der Waals surface area contributed by atoms with Crippen LogP contribution in [0.2, 0.25) is 5.28 Å². The lowest BCUT2D eigenvalue weighted by Crippen LogP contribution is -2.35. The Morgan fingerprint density at radius 1 is 1.25 bits per heavy atom. The van der Waals surface area contributed by atoms with Crippen molar-refractivity contribution in [3.63, 3.8) is 0 Å². The van der Waals surface area contributed by atoms with Crippen LogP contribution in [0.4, 0.5) is 10.7 Å². The van der Waals surface area contributed by atoms with E-state index in [-0.39, 0.29) is 17.2 Å². The fraction of sp³-hybridized carbons (Fsp3) is 0.636. The van der Waals surface area contributed by atoms with Crippen molar-refractivity contribution < 1.29 is 14.3 Å². The Morgan fingerprint density at radius 2 is 1.95 bits per heavy atom. The lowest BCUT2D eigenvalue weighted by molar-refractivity contribution is 0.0530. The maximum absolute atomic E-state index is 11.4. The number of halogens is 1. The summed E-state index contributed by atoms with van der Waals surface area (Å²) in [6, 6.07) is 0.118. The number of hydrogen-bond donors (Lipinski definition) is 2. The number of methoxy groups -OCH3 is 1. The Hall–Kier alpha value is -1.83. The summed E-state index contributed by atoms with van der Waals surface area (Å²) in [5, 5.41) is 5.50. The lowest BCUT2D eigenvalue weighted by Gasteiger charge is -2.19. The Balaban J connectivity index is 2.34. The molecule has 2 N–H and O–H groups in total. The fourth-order valence-electron chi connectivity index (χ4n) is 1.16. The molecule has 0 aliphatic heterocycles. The van der Waals surface area contributed by atoms with Crippen LogP contribution in [0.25, 0.3) is 0 Å². The van der Waals surface area contributed by atoms with Crippen molar-refractivity contribution in [1.29, 1.82) is 0 Å². The highest BCUT2D eigenvalue weighted by atomic mass is 35.5. The highest BCUT2D eigenvalue weighted by Gasteiger charge is 2.15. The molecule has 0 aliphatic rings. The molecule has 9 heteroatoms. The van der Waals surface area contributed by atoms with E-state index >= 15 is 0 Å². The molecule has 8 nitrogen and oxygen atoms in total. The monoisotopic (exact) mass is 303 g/mol. The van der Waals surface area contributed by atoms with E-state index in [0.29, 0.717) is 13.1 Å². The van der Waals surface area contributed by atoms with Crippen molar-refractivity contribution in [3.05, 3.63) is 5.28 Å². The van der Waals surface area contributed by atoms with E-state index in [1.807, 2.05) is 0 Å². The van der Waals surface area contributed by atoms with E-state index in [9.17, 15) is 4.79 Å². The van der Waals surface area contributed by atoms with Crippen LogP contribution in [-0.2, 0) is 4.74 Å². The number of alkyl carbamates (subject to hydrolysis) is 1. The van der Waals surface area contributed by atoms with E-state index in [4.69, 9.17) is 21.1 Å². The van der Waals surface area contributed by atoms with Crippen LogP contribution in [0, 0.1) is 0 Å². The molecule has 1 heterocycles. The third-order valence-corrected chi connectivity index (χ3v) is 2.02. The number of ether oxygens (including phenoxy) is 2. The minimum absolute atomic E-state index is 0.0273. The van der Waals surface area contributed by atoms with Crippen LogP contribution in [0.15, 0.2) is 0 Å². The molecule has 1 rings (SSSR count). The minimum atomic E-state index is -0.521. The van der Waals surface area contributed by atoms with Crippen molar-refractivity contribution in [3.8, 4) is 6.01 Å². The third-order valence-electron chi connectivity index (χ3n) is 1.85. The van der Waals surface area contributed by atoms with Crippen LogP contribution in [0.5, 0.6) is 6.01 Å². The maximum Gasteiger partial charge on any atom is 0.407 e. The molecule has 1 amide bonds. The fourth-order valence-corrected chi connectivity index (χ4v) is 1.31. The highest BCUT2D eigenvalue weighted by Crippen LogP contribution is 2.10. The molecule has 0 aromatic carbocycles. The molecule has 0 atom stereocenters. The molecular formula is C11H18ClN5O3. The molecule has 0 fully saturated rings. The van der Waals surface area contributed by atoms with Gasteiger partial charge < -0.3 is 20.1 Å². The highest BCUT2D eigenvalue weighted by molar-refractivity contribution is 6.28. The van der Waals surface area contributed by atoms with Crippen LogP contribution in [-0.4, -0.2) is 46.8 Å². The molecule has 0 radical (unpaired) electrons. The van der Waals surface area contributed by atoms with Gasteiger partial charge in [-0.2, -0.15) is 15.0 Å². The van der Waals surface area contributed by atoms with Crippen LogP contribution in [0.3, 0.4) is 0 Å². The second-order valence-electron chi connectivity index (χ2n) is 4.77. The average Bonchev–Trinajstić information content (AvgIpc) is 2.32. The van der Waals surface area contributed by atoms with Crippen molar-refractivity contribution in [1.82, 2.24) is 20.3 Å². The number of amides is 1. The van der Waals surface area contributed by atoms with Gasteiger partial charge >= 0.3 is 12.1 Å². The van der Waals surface area contributed by atoms with Crippen LogP contribution < -0.4 is 15.4 Å². The first-order valence-electron chi connectivity index (χ1n) is 5.96. The van der Waals surface area contributed by atoms with E-state index in [0.717, 1.165) is 0 Å². The number of nitrogens with one attached hydrogen (secondary N) is 2. The number of carbonyl (C=O) groups is 1. The summed E-state index contributed by atoms with van der Waals surface area (Å²) < 4.78 is 9.94. The lowest BCUT2D eigenvalue weighted by atomic mass is 10.2. The van der Waals surface area contributed by atoms with Crippen LogP contribution >= 0.6 is 11.6 Å². The second-order valence-corrected chi connectivity index (χ2v) is 5.11. The average molecular weight is 304 g/mol. The van der Waals surface area contributed by atoms with Gasteiger partial charge in [0.25, 0.3) is 0 Å². The maximum atomic E-state index is 11.4. The summed E-state index contributed by atoms with van der Waals surface area (Å²) in [6.45, 7) is 6.14. The summed E-state index contributed by atoms with van der Waals surface area (Å²) in [5.41, 5.74) is -0.521. The van der Waals surface area contributed by atoms with E-state index < -0.39 is 11.7 Å². The number of carbonyl (C=O) groups excluding carboxylic acids is 1. The number of anilines is 1. The Morgan fingerprint density at radius 3 is 2.55 bits per heavy atom. The first kappa shape index (κ1) is 16.2. The zero-order valence-corrected chi connectivity index (χ0v) is 12.6. The summed E-state index contributed by atoms with van der Waals surface area (Å²) >= 11 is 5.69. The first-order chi connectivity index (χ1) is 9.30. The molecule has 112 valence electrons. The summed E-state index contributed by atoms with van der Waals surface area (Å²) in [7, 11) is 1.43. The molecule has 0 saturated heterocycles. The zero-order valence-electron chi connectivity index (χ0n) is 11.9. The number of hydrogen-bond acceptors (Lipinski definition) is 7. The number of rotatable bonds is 5. The van der Waals surface area contributed by atoms with Gasteiger partial charge in [0.1, 0.15) is 5.60 Å². The van der Waals surface area contributed by atoms with Crippen molar-refractivity contribution in [2.45, 2.75) is 26.4 Å². The molecule has 0 unspecified atom stereocenters. The number of aromatic nitrogens is 3. The molecule has 0 saturated carbocycles. The smallest absolute Gasteiger partial charge is 0.407 e. The van der Waals surface area contributed by atoms with Crippen molar-refractivity contribution >= 4 is 23.6 Å². The summed E-state index contributed by atoms with van der Waals surface area (Å²) in [5.74, 6) is 0.271. The zero-order chi connectivity index (χ0) is 15.2. The van der Waals surface area contributed by atoms with Gasteiger partial charge in [-0.05, 0) is 32.4 Å². The van der Waals surface area contributed by atoms with Gasteiger partial charge in [0, 0.05) is 13.1 Å². The minimum Gasteiger partial charge on any atom is -0.467 e. The van der Waals surface area contributed by atoms with Crippen molar-refractivity contribution in [2.24, 2.45) is 0 Å². The molecular weight excluding hydrogens is 286 g/mol. The number of nitrogens with zero attached hydrogens (tertiary/aromatic N) is 3. The van der Waals surface area contributed by atoms with E-state index in [1.165, 1.54) is 7.11 Å². The predicted octanol–water partition coefficient (Wildman–Crippen LogP) is 1.47. The van der Waals surface area contributed by atoms with Gasteiger partial charge in [0.15, 0.2) is 0 Å². The summed E-state index contributed by atoms with van der Waals surface area (Å²) in [4.78, 5) is 22.9. The van der Waals surface area contributed by atoms with Crippen LogP contribution in [0.1, 0.15) is 20.8 Å². The van der Waals surface area contributed by atoms with Gasteiger partial charge in [-0.25, -0.2) is 4.79 Å². The Bertz CT molecular complexity index is 464. The summed E-state index contributed by atoms with van der Waals surface area (Å²) in [6.07, 6.45) is -0.481.